The summed E-state index contributed by atoms with van der Waals surface area (Å²) in [7, 11) is 0. The van der Waals surface area contributed by atoms with Crippen LogP contribution in [0.25, 0.3) is 0 Å². The van der Waals surface area contributed by atoms with Crippen LogP contribution in [0.2, 0.25) is 0 Å². The number of benzene rings is 1. The smallest absolute Gasteiger partial charge is 0.254 e. The summed E-state index contributed by atoms with van der Waals surface area (Å²) in [6.45, 7) is 2.78. The zero-order valence-electron chi connectivity index (χ0n) is 13.1. The number of nitrogens with one attached hydrogen (secondary N) is 1. The Morgan fingerprint density at radius 1 is 1.27 bits per heavy atom. The van der Waals surface area contributed by atoms with E-state index in [1.165, 1.54) is 18.4 Å². The summed E-state index contributed by atoms with van der Waals surface area (Å²) in [6.07, 6.45) is 7.17. The van der Waals surface area contributed by atoms with E-state index in [2.05, 4.69) is 29.5 Å². The molecule has 4 heteroatoms. The summed E-state index contributed by atoms with van der Waals surface area (Å²) in [6, 6.07) is 10.6. The highest BCUT2D eigenvalue weighted by Gasteiger charge is 2.21. The van der Waals surface area contributed by atoms with Crippen LogP contribution in [0.1, 0.15) is 54.2 Å². The highest BCUT2D eigenvalue weighted by molar-refractivity contribution is 5.95. The number of rotatable bonds is 5. The maximum atomic E-state index is 12.5. The van der Waals surface area contributed by atoms with Gasteiger partial charge in [-0.05, 0) is 24.8 Å². The van der Waals surface area contributed by atoms with Gasteiger partial charge in [0.1, 0.15) is 0 Å². The molecule has 1 aliphatic rings. The van der Waals surface area contributed by atoms with E-state index in [1.54, 1.807) is 6.20 Å². The predicted molar refractivity (Wildman–Crippen MR) is 86.9 cm³/mol. The van der Waals surface area contributed by atoms with Gasteiger partial charge in [0.2, 0.25) is 0 Å². The molecule has 0 aliphatic heterocycles. The van der Waals surface area contributed by atoms with Gasteiger partial charge in [0.05, 0.1) is 24.0 Å². The van der Waals surface area contributed by atoms with E-state index in [0.29, 0.717) is 12.6 Å². The van der Waals surface area contributed by atoms with Crippen molar-refractivity contribution in [3.8, 4) is 0 Å². The minimum absolute atomic E-state index is 0.0306. The van der Waals surface area contributed by atoms with Crippen molar-refractivity contribution in [2.24, 2.45) is 0 Å². The minimum atomic E-state index is 0.0306. The third kappa shape index (κ3) is 3.21. The lowest BCUT2D eigenvalue weighted by Gasteiger charge is -2.12. The molecule has 1 amide bonds. The van der Waals surface area contributed by atoms with Crippen molar-refractivity contribution in [1.29, 1.82) is 0 Å². The molecule has 0 radical (unpaired) electrons. The summed E-state index contributed by atoms with van der Waals surface area (Å²) in [5, 5.41) is 7.59. The Kier molecular flexibility index (Phi) is 4.56. The summed E-state index contributed by atoms with van der Waals surface area (Å²) >= 11 is 0. The largest absolute Gasteiger partial charge is 0.349 e. The molecule has 1 saturated carbocycles. The molecule has 1 heterocycles. The molecule has 1 N–H and O–H groups in total. The number of amides is 1. The zero-order valence-corrected chi connectivity index (χ0v) is 13.1. The van der Waals surface area contributed by atoms with E-state index < -0.39 is 0 Å². The average molecular weight is 297 g/mol. The van der Waals surface area contributed by atoms with Crippen LogP contribution in [0, 0.1) is 0 Å². The highest BCUT2D eigenvalue weighted by atomic mass is 16.1. The molecule has 1 aromatic heterocycles. The van der Waals surface area contributed by atoms with Gasteiger partial charge in [-0.15, -0.1) is 0 Å². The first-order valence-electron chi connectivity index (χ1n) is 8.17. The topological polar surface area (TPSA) is 46.9 Å². The maximum absolute atomic E-state index is 12.5. The second-order valence-electron chi connectivity index (χ2n) is 5.96. The Morgan fingerprint density at radius 3 is 2.68 bits per heavy atom. The van der Waals surface area contributed by atoms with Crippen molar-refractivity contribution in [3.05, 3.63) is 53.3 Å². The van der Waals surface area contributed by atoms with Gasteiger partial charge >= 0.3 is 0 Å². The standard InChI is InChI=1S/C18H23N3O/c1-2-17-16(18(22)20-15-10-6-7-11-15)12-19-21(17)13-14-8-4-3-5-9-14/h3-5,8-9,12,15H,2,6-7,10-11,13H2,1H3,(H,20,22). The fraction of sp³-hybridized carbons (Fsp3) is 0.444. The van der Waals surface area contributed by atoms with Crippen molar-refractivity contribution in [2.75, 3.05) is 0 Å². The number of carbonyl (C=O) groups excluding carboxylic acids is 1. The first kappa shape index (κ1) is 14.8. The Balaban J connectivity index is 1.76. The Labute approximate surface area is 131 Å². The normalized spacial score (nSPS) is 15.1. The minimum Gasteiger partial charge on any atom is -0.349 e. The van der Waals surface area contributed by atoms with E-state index in [1.807, 2.05) is 22.9 Å². The Hall–Kier alpha value is -2.10. The molecule has 1 aliphatic carbocycles. The van der Waals surface area contributed by atoms with Crippen molar-refractivity contribution in [1.82, 2.24) is 15.1 Å². The van der Waals surface area contributed by atoms with Crippen molar-refractivity contribution >= 4 is 5.91 Å². The van der Waals surface area contributed by atoms with Crippen LogP contribution < -0.4 is 5.32 Å². The van der Waals surface area contributed by atoms with Crippen LogP contribution in [-0.2, 0) is 13.0 Å². The first-order chi connectivity index (χ1) is 10.8. The predicted octanol–water partition coefficient (Wildman–Crippen LogP) is 3.17. The highest BCUT2D eigenvalue weighted by Crippen LogP contribution is 2.19. The molecular weight excluding hydrogens is 274 g/mol. The van der Waals surface area contributed by atoms with Crippen LogP contribution in [0.5, 0.6) is 0 Å². The molecule has 2 aromatic rings. The van der Waals surface area contributed by atoms with Crippen LogP contribution in [0.15, 0.2) is 36.5 Å². The molecule has 0 bridgehead atoms. The molecular formula is C18H23N3O. The van der Waals surface area contributed by atoms with Crippen LogP contribution in [0.4, 0.5) is 0 Å². The van der Waals surface area contributed by atoms with E-state index in [9.17, 15) is 4.79 Å². The molecule has 1 fully saturated rings. The average Bonchev–Trinajstić information content (AvgIpc) is 3.17. The second-order valence-corrected chi connectivity index (χ2v) is 5.96. The molecule has 1 aromatic carbocycles. The molecule has 0 unspecified atom stereocenters. The Bertz CT molecular complexity index is 627. The van der Waals surface area contributed by atoms with Gasteiger partial charge in [0.25, 0.3) is 5.91 Å². The first-order valence-corrected chi connectivity index (χ1v) is 8.17. The van der Waals surface area contributed by atoms with Crippen LogP contribution in [0.3, 0.4) is 0 Å². The third-order valence-corrected chi connectivity index (χ3v) is 4.39. The number of carbonyl (C=O) groups is 1. The second kappa shape index (κ2) is 6.77. The van der Waals surface area contributed by atoms with E-state index >= 15 is 0 Å². The summed E-state index contributed by atoms with van der Waals surface area (Å²) in [4.78, 5) is 12.5. The molecule has 0 spiro atoms. The lowest BCUT2D eigenvalue weighted by molar-refractivity contribution is 0.0937. The third-order valence-electron chi connectivity index (χ3n) is 4.39. The zero-order chi connectivity index (χ0) is 15.4. The van der Waals surface area contributed by atoms with E-state index in [4.69, 9.17) is 0 Å². The van der Waals surface area contributed by atoms with Crippen molar-refractivity contribution < 1.29 is 4.79 Å². The molecule has 116 valence electrons. The number of hydrogen-bond acceptors (Lipinski definition) is 2. The van der Waals surface area contributed by atoms with Gasteiger partial charge in [-0.25, -0.2) is 0 Å². The molecule has 3 rings (SSSR count). The van der Waals surface area contributed by atoms with Gasteiger partial charge in [-0.3, -0.25) is 9.48 Å². The lowest BCUT2D eigenvalue weighted by atomic mass is 10.1. The van der Waals surface area contributed by atoms with E-state index in [-0.39, 0.29) is 5.91 Å². The van der Waals surface area contributed by atoms with Gasteiger partial charge in [-0.1, -0.05) is 50.1 Å². The van der Waals surface area contributed by atoms with Crippen molar-refractivity contribution in [3.63, 3.8) is 0 Å². The number of hydrogen-bond donors (Lipinski definition) is 1. The van der Waals surface area contributed by atoms with Gasteiger partial charge in [0.15, 0.2) is 0 Å². The summed E-state index contributed by atoms with van der Waals surface area (Å²) in [5.41, 5.74) is 2.94. The van der Waals surface area contributed by atoms with Crippen LogP contribution in [-0.4, -0.2) is 21.7 Å². The molecule has 0 saturated heterocycles. The van der Waals surface area contributed by atoms with Gasteiger partial charge in [-0.2, -0.15) is 5.10 Å². The maximum Gasteiger partial charge on any atom is 0.254 e. The van der Waals surface area contributed by atoms with Crippen LogP contribution >= 0.6 is 0 Å². The number of aromatic nitrogens is 2. The van der Waals surface area contributed by atoms with Crippen molar-refractivity contribution in [2.45, 2.75) is 51.6 Å². The number of nitrogens with zero attached hydrogens (tertiary/aromatic N) is 2. The van der Waals surface area contributed by atoms with E-state index in [0.717, 1.165) is 30.5 Å². The SMILES string of the molecule is CCc1c(C(=O)NC2CCCC2)cnn1Cc1ccccc1. The molecule has 22 heavy (non-hydrogen) atoms. The van der Waals surface area contributed by atoms with Gasteiger partial charge < -0.3 is 5.32 Å². The van der Waals surface area contributed by atoms with Gasteiger partial charge in [0, 0.05) is 6.04 Å². The summed E-state index contributed by atoms with van der Waals surface area (Å²) in [5.74, 6) is 0.0306. The quantitative estimate of drug-likeness (QED) is 0.921. The molecule has 4 nitrogen and oxygen atoms in total. The fourth-order valence-corrected chi connectivity index (χ4v) is 3.20. The fourth-order valence-electron chi connectivity index (χ4n) is 3.20. The molecule has 0 atom stereocenters. The monoisotopic (exact) mass is 297 g/mol. The Morgan fingerprint density at radius 2 is 2.00 bits per heavy atom. The summed E-state index contributed by atoms with van der Waals surface area (Å²) < 4.78 is 1.94. The lowest BCUT2D eigenvalue weighted by Crippen LogP contribution is -2.33.